The molecule has 0 fully saturated rings. The molecule has 1 heterocycles. The summed E-state index contributed by atoms with van der Waals surface area (Å²) < 4.78 is 0. The van der Waals surface area contributed by atoms with Gasteiger partial charge in [0.1, 0.15) is 16.6 Å². The molecule has 0 saturated carbocycles. The number of hydrogen-bond donors (Lipinski definition) is 3. The molecule has 0 saturated heterocycles. The summed E-state index contributed by atoms with van der Waals surface area (Å²) in [5, 5.41) is 10.3. The molecule has 3 rings (SSSR count). The van der Waals surface area contributed by atoms with Crippen molar-refractivity contribution in [2.75, 3.05) is 5.73 Å². The van der Waals surface area contributed by atoms with Crippen molar-refractivity contribution in [2.24, 2.45) is 5.73 Å². The van der Waals surface area contributed by atoms with Gasteiger partial charge in [0.25, 0.3) is 0 Å². The Morgan fingerprint density at radius 2 is 1.84 bits per heavy atom. The second kappa shape index (κ2) is 6.78. The second-order valence-corrected chi connectivity index (χ2v) is 6.30. The summed E-state index contributed by atoms with van der Waals surface area (Å²) in [5.41, 5.74) is 11.8. The SMILES string of the molecule is NC(=O)C(Sc1ncc(C(=O)O)c(N)n1)c1cccc2ccccc12. The van der Waals surface area contributed by atoms with Crippen LogP contribution in [-0.2, 0) is 4.79 Å². The first-order chi connectivity index (χ1) is 12.0. The minimum Gasteiger partial charge on any atom is -0.477 e. The van der Waals surface area contributed by atoms with Crippen LogP contribution >= 0.6 is 11.8 Å². The number of primary amides is 1. The predicted molar refractivity (Wildman–Crippen MR) is 95.1 cm³/mol. The number of carboxylic acids is 1. The lowest BCUT2D eigenvalue weighted by Gasteiger charge is -2.15. The number of amides is 1. The normalized spacial score (nSPS) is 12.0. The van der Waals surface area contributed by atoms with Gasteiger partial charge in [-0.05, 0) is 16.3 Å². The van der Waals surface area contributed by atoms with E-state index in [2.05, 4.69) is 9.97 Å². The van der Waals surface area contributed by atoms with Crippen molar-refractivity contribution in [1.82, 2.24) is 9.97 Å². The molecule has 2 aromatic carbocycles. The molecule has 3 aromatic rings. The minimum absolute atomic E-state index is 0.161. The Hall–Kier alpha value is -3.13. The second-order valence-electron chi connectivity index (χ2n) is 5.23. The number of nitrogens with zero attached hydrogens (tertiary/aromatic N) is 2. The fourth-order valence-electron chi connectivity index (χ4n) is 2.46. The molecule has 1 amide bonds. The Morgan fingerprint density at radius 1 is 1.12 bits per heavy atom. The van der Waals surface area contributed by atoms with Crippen molar-refractivity contribution >= 4 is 40.2 Å². The molecule has 1 unspecified atom stereocenters. The predicted octanol–water partition coefficient (Wildman–Crippen LogP) is 2.23. The molecule has 0 spiro atoms. The quantitative estimate of drug-likeness (QED) is 0.473. The summed E-state index contributed by atoms with van der Waals surface area (Å²) in [5.74, 6) is -1.92. The lowest BCUT2D eigenvalue weighted by atomic mass is 10.0. The van der Waals surface area contributed by atoms with Gasteiger partial charge in [0.15, 0.2) is 5.16 Å². The zero-order chi connectivity index (χ0) is 18.0. The van der Waals surface area contributed by atoms with Crippen LogP contribution in [-0.4, -0.2) is 27.0 Å². The lowest BCUT2D eigenvalue weighted by Crippen LogP contribution is -2.19. The first-order valence-electron chi connectivity index (χ1n) is 7.27. The van der Waals surface area contributed by atoms with Gasteiger partial charge in [0.2, 0.25) is 5.91 Å². The van der Waals surface area contributed by atoms with E-state index in [0.717, 1.165) is 34.3 Å². The highest BCUT2D eigenvalue weighted by Crippen LogP contribution is 2.37. The summed E-state index contributed by atoms with van der Waals surface area (Å²) in [7, 11) is 0. The Balaban J connectivity index is 2.01. The smallest absolute Gasteiger partial charge is 0.341 e. The van der Waals surface area contributed by atoms with Gasteiger partial charge in [-0.25, -0.2) is 14.8 Å². The zero-order valence-corrected chi connectivity index (χ0v) is 13.7. The Morgan fingerprint density at radius 3 is 2.52 bits per heavy atom. The number of rotatable bonds is 5. The fourth-order valence-corrected chi connectivity index (χ4v) is 3.38. The van der Waals surface area contributed by atoms with E-state index >= 15 is 0 Å². The third kappa shape index (κ3) is 3.38. The molecule has 0 radical (unpaired) electrons. The van der Waals surface area contributed by atoms with E-state index in [0.29, 0.717) is 0 Å². The zero-order valence-electron chi connectivity index (χ0n) is 12.9. The van der Waals surface area contributed by atoms with E-state index in [1.165, 1.54) is 0 Å². The molecule has 8 heteroatoms. The molecule has 1 aromatic heterocycles. The number of aromatic carboxylic acids is 1. The Kier molecular flexibility index (Phi) is 4.53. The van der Waals surface area contributed by atoms with Gasteiger partial charge in [-0.15, -0.1) is 0 Å². The topological polar surface area (TPSA) is 132 Å². The number of carboxylic acid groups (broad SMARTS) is 1. The van der Waals surface area contributed by atoms with Gasteiger partial charge >= 0.3 is 5.97 Å². The highest BCUT2D eigenvalue weighted by Gasteiger charge is 2.23. The van der Waals surface area contributed by atoms with Gasteiger partial charge in [-0.3, -0.25) is 4.79 Å². The molecular formula is C17H14N4O3S. The van der Waals surface area contributed by atoms with Crippen LogP contribution in [0.25, 0.3) is 10.8 Å². The van der Waals surface area contributed by atoms with Crippen LogP contribution in [0.5, 0.6) is 0 Å². The van der Waals surface area contributed by atoms with Crippen LogP contribution in [0.15, 0.2) is 53.8 Å². The van der Waals surface area contributed by atoms with E-state index < -0.39 is 17.1 Å². The van der Waals surface area contributed by atoms with Gasteiger partial charge < -0.3 is 16.6 Å². The number of carbonyl (C=O) groups excluding carboxylic acids is 1. The number of hydrogen-bond acceptors (Lipinski definition) is 6. The molecule has 7 nitrogen and oxygen atoms in total. The average molecular weight is 354 g/mol. The van der Waals surface area contributed by atoms with Crippen LogP contribution in [0.3, 0.4) is 0 Å². The highest BCUT2D eigenvalue weighted by molar-refractivity contribution is 8.00. The Labute approximate surface area is 147 Å². The van der Waals surface area contributed by atoms with Gasteiger partial charge in [0.05, 0.1) is 0 Å². The molecule has 5 N–H and O–H groups in total. The summed E-state index contributed by atoms with van der Waals surface area (Å²) in [6, 6.07) is 13.2. The van der Waals surface area contributed by atoms with Gasteiger partial charge in [0, 0.05) is 6.20 Å². The minimum atomic E-state index is -1.21. The first kappa shape index (κ1) is 16.7. The average Bonchev–Trinajstić information content (AvgIpc) is 2.59. The van der Waals surface area contributed by atoms with E-state index in [4.69, 9.17) is 16.6 Å². The molecule has 0 aliphatic carbocycles. The van der Waals surface area contributed by atoms with Crippen molar-refractivity contribution in [1.29, 1.82) is 0 Å². The summed E-state index contributed by atoms with van der Waals surface area (Å²) in [6.07, 6.45) is 1.12. The summed E-state index contributed by atoms with van der Waals surface area (Å²) in [6.45, 7) is 0. The van der Waals surface area contributed by atoms with Crippen molar-refractivity contribution in [3.8, 4) is 0 Å². The Bertz CT molecular complexity index is 972. The number of benzene rings is 2. The van der Waals surface area contributed by atoms with Crippen LogP contribution in [0.1, 0.15) is 21.2 Å². The van der Waals surface area contributed by atoms with Gasteiger partial charge in [-0.2, -0.15) is 0 Å². The lowest BCUT2D eigenvalue weighted by molar-refractivity contribution is -0.117. The number of thioether (sulfide) groups is 1. The van der Waals surface area contributed by atoms with Crippen molar-refractivity contribution in [3.63, 3.8) is 0 Å². The van der Waals surface area contributed by atoms with E-state index in [1.54, 1.807) is 0 Å². The maximum absolute atomic E-state index is 12.0. The summed E-state index contributed by atoms with van der Waals surface area (Å²) in [4.78, 5) is 31.0. The molecule has 0 aliphatic rings. The van der Waals surface area contributed by atoms with Crippen molar-refractivity contribution in [2.45, 2.75) is 10.4 Å². The number of nitrogens with two attached hydrogens (primary N) is 2. The van der Waals surface area contributed by atoms with Gasteiger partial charge in [-0.1, -0.05) is 54.2 Å². The van der Waals surface area contributed by atoms with Crippen molar-refractivity contribution < 1.29 is 14.7 Å². The number of carbonyl (C=O) groups is 2. The van der Waals surface area contributed by atoms with Crippen LogP contribution < -0.4 is 11.5 Å². The number of fused-ring (bicyclic) bond motifs is 1. The molecule has 0 aliphatic heterocycles. The van der Waals surface area contributed by atoms with E-state index in [9.17, 15) is 9.59 Å². The van der Waals surface area contributed by atoms with E-state index in [1.807, 2.05) is 42.5 Å². The van der Waals surface area contributed by atoms with Crippen LogP contribution in [0.4, 0.5) is 5.82 Å². The molecule has 25 heavy (non-hydrogen) atoms. The molecular weight excluding hydrogens is 340 g/mol. The monoisotopic (exact) mass is 354 g/mol. The first-order valence-corrected chi connectivity index (χ1v) is 8.15. The molecule has 1 atom stereocenters. The standard InChI is InChI=1S/C17H14N4O3S/c18-14-12(16(23)24)8-20-17(21-14)25-13(15(19)22)11-7-3-5-9-4-1-2-6-10(9)11/h1-8,13H,(H2,19,22)(H,23,24)(H2,18,20,21). The molecule has 0 bridgehead atoms. The highest BCUT2D eigenvalue weighted by atomic mass is 32.2. The summed E-state index contributed by atoms with van der Waals surface area (Å²) >= 11 is 1.03. The van der Waals surface area contributed by atoms with Crippen molar-refractivity contribution in [3.05, 3.63) is 59.8 Å². The largest absolute Gasteiger partial charge is 0.477 e. The van der Waals surface area contributed by atoms with Crippen LogP contribution in [0, 0.1) is 0 Å². The maximum atomic E-state index is 12.0. The molecule has 126 valence electrons. The number of nitrogen functional groups attached to an aromatic ring is 1. The number of anilines is 1. The maximum Gasteiger partial charge on any atom is 0.341 e. The third-order valence-electron chi connectivity index (χ3n) is 3.61. The fraction of sp³-hybridized carbons (Fsp3) is 0.0588. The van der Waals surface area contributed by atoms with Crippen LogP contribution in [0.2, 0.25) is 0 Å². The number of aromatic nitrogens is 2. The third-order valence-corrected chi connectivity index (χ3v) is 4.74. The van der Waals surface area contributed by atoms with E-state index in [-0.39, 0.29) is 16.5 Å².